The molecule has 1 aliphatic heterocycles. The molecule has 0 aromatic rings. The van der Waals surface area contributed by atoms with Gasteiger partial charge in [0, 0.05) is 6.08 Å². The average molecular weight is 190 g/mol. The van der Waals surface area contributed by atoms with Gasteiger partial charge in [0.05, 0.1) is 6.20 Å². The van der Waals surface area contributed by atoms with Crippen LogP contribution in [0.15, 0.2) is 22.5 Å². The molecular weight excluding hydrogens is 184 g/mol. The molecule has 0 radical (unpaired) electrons. The van der Waals surface area contributed by atoms with Crippen LogP contribution in [0.2, 0.25) is 0 Å². The van der Waals surface area contributed by atoms with Gasteiger partial charge in [0.2, 0.25) is 11.1 Å². The van der Waals surface area contributed by atoms with Gasteiger partial charge in [-0.25, -0.2) is 9.00 Å². The van der Waals surface area contributed by atoms with E-state index < -0.39 is 22.1 Å². The monoisotopic (exact) mass is 190 g/mol. The lowest BCUT2D eigenvalue weighted by molar-refractivity contribution is 0.245. The number of nitrogens with one attached hydrogen (secondary N) is 1. The predicted octanol–water partition coefficient (Wildman–Crippen LogP) is -0.490. The van der Waals surface area contributed by atoms with Crippen molar-refractivity contribution in [2.24, 2.45) is 16.0 Å². The summed E-state index contributed by atoms with van der Waals surface area (Å²) in [6.07, 6.45) is 2.37. The van der Waals surface area contributed by atoms with E-state index >= 15 is 0 Å². The number of hydrogen-bond acceptors (Lipinski definition) is 4. The molecule has 66 valence electrons. The van der Waals surface area contributed by atoms with Gasteiger partial charge in [0.1, 0.15) is 0 Å². The third kappa shape index (κ3) is 1.48. The molecule has 2 unspecified atom stereocenters. The van der Waals surface area contributed by atoms with E-state index in [1.807, 2.05) is 5.32 Å². The van der Waals surface area contributed by atoms with Gasteiger partial charge in [-0.3, -0.25) is 5.32 Å². The Morgan fingerprint density at radius 3 is 2.75 bits per heavy atom. The van der Waals surface area contributed by atoms with E-state index in [0.717, 1.165) is 0 Å². The first kappa shape index (κ1) is 8.81. The molecule has 0 aromatic heterocycles. The first-order valence-electron chi connectivity index (χ1n) is 2.85. The van der Waals surface area contributed by atoms with Crippen LogP contribution < -0.4 is 11.1 Å². The first-order chi connectivity index (χ1) is 5.57. The Hall–Kier alpha value is -1.28. The van der Waals surface area contributed by atoms with Gasteiger partial charge in [-0.15, -0.1) is 5.11 Å². The van der Waals surface area contributed by atoms with Crippen LogP contribution in [0.3, 0.4) is 0 Å². The molecule has 0 fully saturated rings. The maximum atomic E-state index is 10.7. The highest BCUT2D eigenvalue weighted by Gasteiger charge is 2.37. The topological polar surface area (TPSA) is 117 Å². The van der Waals surface area contributed by atoms with Crippen molar-refractivity contribution < 1.29 is 13.6 Å². The molecule has 7 nitrogen and oxygen atoms in total. The molecule has 0 spiro atoms. The van der Waals surface area contributed by atoms with Crippen molar-refractivity contribution in [3.63, 3.8) is 0 Å². The number of azo groups is 1. The SMILES string of the molecule is NC(=O)NC1(S(=O)O)C=CN=N1. The van der Waals surface area contributed by atoms with Crippen molar-refractivity contribution in [2.45, 2.75) is 4.99 Å². The summed E-state index contributed by atoms with van der Waals surface area (Å²) in [5.41, 5.74) is 4.76. The Kier molecular flexibility index (Phi) is 2.20. The molecule has 2 atom stereocenters. The Morgan fingerprint density at radius 2 is 2.42 bits per heavy atom. The van der Waals surface area contributed by atoms with Crippen molar-refractivity contribution in [1.82, 2.24) is 5.32 Å². The molecule has 0 bridgehead atoms. The number of rotatable bonds is 2. The molecule has 2 amide bonds. The van der Waals surface area contributed by atoms with E-state index in [9.17, 15) is 9.00 Å². The Bertz CT molecular complexity index is 274. The summed E-state index contributed by atoms with van der Waals surface area (Å²) < 4.78 is 19.4. The summed E-state index contributed by atoms with van der Waals surface area (Å²) >= 11 is -2.38. The normalized spacial score (nSPS) is 28.8. The third-order valence-corrected chi connectivity index (χ3v) is 1.99. The third-order valence-electron chi connectivity index (χ3n) is 1.14. The Morgan fingerprint density at radius 1 is 1.75 bits per heavy atom. The summed E-state index contributed by atoms with van der Waals surface area (Å²) in [6, 6.07) is -0.942. The molecule has 0 aromatic carbocycles. The summed E-state index contributed by atoms with van der Waals surface area (Å²) in [5, 5.41) is 8.69. The molecule has 0 saturated carbocycles. The second-order valence-electron chi connectivity index (χ2n) is 1.97. The molecule has 8 heteroatoms. The molecule has 1 heterocycles. The zero-order valence-corrected chi connectivity index (χ0v) is 6.61. The van der Waals surface area contributed by atoms with Gasteiger partial charge in [-0.05, 0) is 0 Å². The van der Waals surface area contributed by atoms with Crippen LogP contribution in [-0.2, 0) is 11.1 Å². The van der Waals surface area contributed by atoms with E-state index in [2.05, 4.69) is 10.2 Å². The number of nitrogens with zero attached hydrogens (tertiary/aromatic N) is 2. The minimum absolute atomic E-state index is 0.942. The van der Waals surface area contributed by atoms with Gasteiger partial charge in [0.25, 0.3) is 4.99 Å². The second-order valence-corrected chi connectivity index (χ2v) is 3.09. The zero-order chi connectivity index (χ0) is 9.19. The molecular formula is C4H6N4O3S. The van der Waals surface area contributed by atoms with Gasteiger partial charge in [0.15, 0.2) is 0 Å². The maximum absolute atomic E-state index is 10.7. The van der Waals surface area contributed by atoms with Crippen molar-refractivity contribution >= 4 is 17.1 Å². The number of carbonyl (C=O) groups is 1. The maximum Gasteiger partial charge on any atom is 0.315 e. The highest BCUT2D eigenvalue weighted by Crippen LogP contribution is 2.18. The molecule has 0 aliphatic carbocycles. The summed E-state index contributed by atoms with van der Waals surface area (Å²) in [5.74, 6) is 0. The number of amides is 2. The van der Waals surface area contributed by atoms with Crippen molar-refractivity contribution in [2.75, 3.05) is 0 Å². The number of urea groups is 1. The lowest BCUT2D eigenvalue weighted by Gasteiger charge is -2.17. The molecule has 1 rings (SSSR count). The van der Waals surface area contributed by atoms with Crippen LogP contribution in [-0.4, -0.2) is 19.8 Å². The number of primary amides is 1. The fourth-order valence-electron chi connectivity index (χ4n) is 0.667. The Labute approximate surface area is 70.0 Å². The van der Waals surface area contributed by atoms with Gasteiger partial charge >= 0.3 is 6.03 Å². The molecule has 1 aliphatic rings. The summed E-state index contributed by atoms with van der Waals surface area (Å²) in [4.78, 5) is 8.69. The average Bonchev–Trinajstić information content (AvgIpc) is 2.35. The van der Waals surface area contributed by atoms with Crippen molar-refractivity contribution in [1.29, 1.82) is 0 Å². The van der Waals surface area contributed by atoms with Gasteiger partial charge < -0.3 is 10.3 Å². The molecule has 12 heavy (non-hydrogen) atoms. The highest BCUT2D eigenvalue weighted by molar-refractivity contribution is 7.80. The van der Waals surface area contributed by atoms with Crippen LogP contribution in [0.4, 0.5) is 4.79 Å². The van der Waals surface area contributed by atoms with Gasteiger partial charge in [-0.2, -0.15) is 5.11 Å². The van der Waals surface area contributed by atoms with Crippen LogP contribution in [0.25, 0.3) is 0 Å². The number of nitrogens with two attached hydrogens (primary N) is 1. The van der Waals surface area contributed by atoms with E-state index in [-0.39, 0.29) is 0 Å². The fraction of sp³-hybridized carbons (Fsp3) is 0.250. The van der Waals surface area contributed by atoms with Crippen molar-refractivity contribution in [3.8, 4) is 0 Å². The Balaban J connectivity index is 2.88. The zero-order valence-electron chi connectivity index (χ0n) is 5.80. The molecule has 4 N–H and O–H groups in total. The minimum Gasteiger partial charge on any atom is -0.352 e. The standard InChI is InChI=1S/C4H6N4O3S/c5-3(9)7-4(12(10)11)1-2-6-8-4/h1-2H,(H,10,11)(H3,5,7,9). The lowest BCUT2D eigenvalue weighted by atomic mass is 10.5. The summed E-state index contributed by atoms with van der Waals surface area (Å²) in [7, 11) is 0. The van der Waals surface area contributed by atoms with Crippen molar-refractivity contribution in [3.05, 3.63) is 12.3 Å². The lowest BCUT2D eigenvalue weighted by Crippen LogP contribution is -2.49. The quantitative estimate of drug-likeness (QED) is 0.510. The highest BCUT2D eigenvalue weighted by atomic mass is 32.2. The summed E-state index contributed by atoms with van der Waals surface area (Å²) in [6.45, 7) is 0. The van der Waals surface area contributed by atoms with E-state index in [1.165, 1.54) is 12.3 Å². The van der Waals surface area contributed by atoms with E-state index in [1.54, 1.807) is 0 Å². The van der Waals surface area contributed by atoms with Crippen LogP contribution >= 0.6 is 0 Å². The predicted molar refractivity (Wildman–Crippen MR) is 40.2 cm³/mol. The van der Waals surface area contributed by atoms with E-state index in [0.29, 0.717) is 0 Å². The fourth-order valence-corrected chi connectivity index (χ4v) is 1.15. The smallest absolute Gasteiger partial charge is 0.315 e. The van der Waals surface area contributed by atoms with Crippen LogP contribution in [0.1, 0.15) is 0 Å². The second kappa shape index (κ2) is 2.99. The minimum atomic E-state index is -2.38. The number of carbonyl (C=O) groups excluding carboxylic acids is 1. The van der Waals surface area contributed by atoms with E-state index in [4.69, 9.17) is 10.3 Å². The number of hydrogen-bond donors (Lipinski definition) is 3. The van der Waals surface area contributed by atoms with Crippen LogP contribution in [0, 0.1) is 0 Å². The van der Waals surface area contributed by atoms with Gasteiger partial charge in [-0.1, -0.05) is 0 Å². The van der Waals surface area contributed by atoms with Crippen LogP contribution in [0.5, 0.6) is 0 Å². The first-order valence-corrected chi connectivity index (χ1v) is 3.96. The largest absolute Gasteiger partial charge is 0.352 e. The molecule has 0 saturated heterocycles.